The smallest absolute Gasteiger partial charge is 0.222 e. The zero-order valence-electron chi connectivity index (χ0n) is 10.3. The zero-order chi connectivity index (χ0) is 13.1. The Morgan fingerprint density at radius 2 is 2.28 bits per heavy atom. The third kappa shape index (κ3) is 3.20. The number of piperidine rings is 1. The van der Waals surface area contributed by atoms with Gasteiger partial charge in [0.15, 0.2) is 0 Å². The molecule has 1 aliphatic rings. The van der Waals surface area contributed by atoms with Crippen LogP contribution in [0.2, 0.25) is 0 Å². The summed E-state index contributed by atoms with van der Waals surface area (Å²) in [6, 6.07) is 4.23. The maximum atomic E-state index is 13.1. The van der Waals surface area contributed by atoms with E-state index in [-0.39, 0.29) is 17.7 Å². The van der Waals surface area contributed by atoms with E-state index < -0.39 is 5.82 Å². The summed E-state index contributed by atoms with van der Waals surface area (Å²) >= 11 is 0. The number of benzene rings is 1. The molecule has 2 rings (SSSR count). The number of hydrogen-bond acceptors (Lipinski definition) is 3. The van der Waals surface area contributed by atoms with Crippen molar-refractivity contribution in [3.8, 4) is 5.75 Å². The van der Waals surface area contributed by atoms with Crippen LogP contribution in [0.25, 0.3) is 0 Å². The number of nitrogens with zero attached hydrogens (tertiary/aromatic N) is 1. The van der Waals surface area contributed by atoms with Crippen LogP contribution in [0.5, 0.6) is 5.75 Å². The van der Waals surface area contributed by atoms with E-state index in [1.165, 1.54) is 12.1 Å². The van der Waals surface area contributed by atoms with Crippen molar-refractivity contribution < 1.29 is 14.3 Å². The van der Waals surface area contributed by atoms with Crippen molar-refractivity contribution in [3.05, 3.63) is 29.6 Å². The molecule has 0 spiro atoms. The molecule has 1 atom stereocenters. The molecular formula is C13H17FN2O2. The van der Waals surface area contributed by atoms with Gasteiger partial charge in [0, 0.05) is 38.7 Å². The molecule has 1 aromatic rings. The Morgan fingerprint density at radius 3 is 2.94 bits per heavy atom. The van der Waals surface area contributed by atoms with E-state index in [2.05, 4.69) is 5.32 Å². The van der Waals surface area contributed by atoms with Gasteiger partial charge >= 0.3 is 0 Å². The molecule has 18 heavy (non-hydrogen) atoms. The minimum absolute atomic E-state index is 0.0669. The number of rotatable bonds is 3. The van der Waals surface area contributed by atoms with Gasteiger partial charge in [-0.05, 0) is 24.1 Å². The van der Waals surface area contributed by atoms with Crippen molar-refractivity contribution in [1.29, 1.82) is 0 Å². The number of carbonyl (C=O) groups is 1. The number of likely N-dealkylation sites (N-methyl/N-ethyl adjacent to an activating group) is 1. The van der Waals surface area contributed by atoms with E-state index in [1.807, 2.05) is 0 Å². The maximum absolute atomic E-state index is 13.1. The summed E-state index contributed by atoms with van der Waals surface area (Å²) in [6.45, 7) is 1.15. The van der Waals surface area contributed by atoms with Crippen molar-refractivity contribution >= 4 is 5.91 Å². The summed E-state index contributed by atoms with van der Waals surface area (Å²) in [5.74, 6) is -0.345. The first-order valence-corrected chi connectivity index (χ1v) is 6.00. The molecule has 0 radical (unpaired) electrons. The molecule has 0 aliphatic carbocycles. The predicted octanol–water partition coefficient (Wildman–Crippen LogP) is 1.24. The third-order valence-corrected chi connectivity index (χ3v) is 3.16. The van der Waals surface area contributed by atoms with E-state index in [4.69, 9.17) is 0 Å². The fourth-order valence-corrected chi connectivity index (χ4v) is 2.18. The predicted molar refractivity (Wildman–Crippen MR) is 65.6 cm³/mol. The molecule has 0 bridgehead atoms. The molecule has 1 amide bonds. The van der Waals surface area contributed by atoms with Gasteiger partial charge in [0.1, 0.15) is 11.6 Å². The van der Waals surface area contributed by atoms with Gasteiger partial charge in [-0.15, -0.1) is 0 Å². The first kappa shape index (κ1) is 12.8. The van der Waals surface area contributed by atoms with Crippen LogP contribution in [0.4, 0.5) is 4.39 Å². The number of phenols is 1. The minimum Gasteiger partial charge on any atom is -0.508 e. The Kier molecular flexibility index (Phi) is 3.81. The molecule has 2 N–H and O–H groups in total. The number of carbonyl (C=O) groups excluding carboxylic acids is 1. The minimum atomic E-state index is -0.442. The summed E-state index contributed by atoms with van der Waals surface area (Å²) in [4.78, 5) is 13.0. The topological polar surface area (TPSA) is 52.6 Å². The van der Waals surface area contributed by atoms with Crippen LogP contribution in [0.15, 0.2) is 18.2 Å². The van der Waals surface area contributed by atoms with Crippen molar-refractivity contribution in [2.75, 3.05) is 13.6 Å². The average molecular weight is 252 g/mol. The van der Waals surface area contributed by atoms with Crippen molar-refractivity contribution in [3.63, 3.8) is 0 Å². The van der Waals surface area contributed by atoms with E-state index in [9.17, 15) is 14.3 Å². The number of likely N-dealkylation sites (tertiary alicyclic amines) is 1. The molecule has 1 unspecified atom stereocenters. The largest absolute Gasteiger partial charge is 0.508 e. The van der Waals surface area contributed by atoms with E-state index in [0.29, 0.717) is 25.1 Å². The number of aromatic hydroxyl groups is 1. The zero-order valence-corrected chi connectivity index (χ0v) is 10.3. The molecule has 1 heterocycles. The number of phenolic OH excluding ortho intramolecular Hbond substituents is 1. The number of halogens is 1. The number of nitrogens with one attached hydrogen (secondary N) is 1. The molecule has 1 saturated heterocycles. The highest BCUT2D eigenvalue weighted by Crippen LogP contribution is 2.15. The van der Waals surface area contributed by atoms with Gasteiger partial charge in [-0.25, -0.2) is 4.39 Å². The molecule has 0 aromatic heterocycles. The molecule has 98 valence electrons. The third-order valence-electron chi connectivity index (χ3n) is 3.16. The van der Waals surface area contributed by atoms with Crippen molar-refractivity contribution in [2.45, 2.75) is 25.4 Å². The van der Waals surface area contributed by atoms with Crippen LogP contribution in [0, 0.1) is 5.82 Å². The molecule has 1 aromatic carbocycles. The SMILES string of the molecule is CN1CC(NCc2cc(O)cc(F)c2)CCC1=O. The maximum Gasteiger partial charge on any atom is 0.222 e. The fourth-order valence-electron chi connectivity index (χ4n) is 2.18. The molecule has 1 aliphatic heterocycles. The molecule has 4 nitrogen and oxygen atoms in total. The fraction of sp³-hybridized carbons (Fsp3) is 0.462. The second kappa shape index (κ2) is 5.35. The lowest BCUT2D eigenvalue weighted by Crippen LogP contribution is -2.46. The first-order valence-electron chi connectivity index (χ1n) is 6.00. The molecule has 5 heteroatoms. The van der Waals surface area contributed by atoms with Crippen LogP contribution in [0.3, 0.4) is 0 Å². The van der Waals surface area contributed by atoms with Gasteiger partial charge in [-0.2, -0.15) is 0 Å². The average Bonchev–Trinajstić information content (AvgIpc) is 2.29. The second-order valence-electron chi connectivity index (χ2n) is 4.71. The number of hydrogen-bond donors (Lipinski definition) is 2. The molecule has 0 saturated carbocycles. The van der Waals surface area contributed by atoms with E-state index in [1.54, 1.807) is 11.9 Å². The van der Waals surface area contributed by atoms with Crippen LogP contribution < -0.4 is 5.32 Å². The Balaban J connectivity index is 1.89. The first-order chi connectivity index (χ1) is 8.54. The van der Waals surface area contributed by atoms with Crippen LogP contribution >= 0.6 is 0 Å². The lowest BCUT2D eigenvalue weighted by molar-refractivity contribution is -0.132. The summed E-state index contributed by atoms with van der Waals surface area (Å²) < 4.78 is 13.1. The van der Waals surface area contributed by atoms with Crippen LogP contribution in [0.1, 0.15) is 18.4 Å². The number of amides is 1. The molecule has 1 fully saturated rings. The summed E-state index contributed by atoms with van der Waals surface area (Å²) in [6.07, 6.45) is 1.34. The highest BCUT2D eigenvalue weighted by molar-refractivity contribution is 5.76. The normalized spacial score (nSPS) is 20.2. The van der Waals surface area contributed by atoms with Crippen LogP contribution in [-0.2, 0) is 11.3 Å². The quantitative estimate of drug-likeness (QED) is 0.851. The summed E-state index contributed by atoms with van der Waals surface area (Å²) in [5, 5.41) is 12.6. The van der Waals surface area contributed by atoms with Crippen molar-refractivity contribution in [2.24, 2.45) is 0 Å². The van der Waals surface area contributed by atoms with Crippen LogP contribution in [-0.4, -0.2) is 35.5 Å². The Morgan fingerprint density at radius 1 is 1.50 bits per heavy atom. The van der Waals surface area contributed by atoms with Gasteiger partial charge in [0.05, 0.1) is 0 Å². The van der Waals surface area contributed by atoms with Crippen molar-refractivity contribution in [1.82, 2.24) is 10.2 Å². The van der Waals surface area contributed by atoms with Gasteiger partial charge < -0.3 is 15.3 Å². The standard InChI is InChI=1S/C13H17FN2O2/c1-16-8-11(2-3-13(16)18)15-7-9-4-10(14)6-12(17)5-9/h4-6,11,15,17H,2-3,7-8H2,1H3. The Labute approximate surface area is 105 Å². The second-order valence-corrected chi connectivity index (χ2v) is 4.71. The highest BCUT2D eigenvalue weighted by atomic mass is 19.1. The Bertz CT molecular complexity index is 430. The van der Waals surface area contributed by atoms with Gasteiger partial charge in [0.25, 0.3) is 0 Å². The van der Waals surface area contributed by atoms with E-state index in [0.717, 1.165) is 12.5 Å². The monoisotopic (exact) mass is 252 g/mol. The molecular weight excluding hydrogens is 235 g/mol. The lowest BCUT2D eigenvalue weighted by atomic mass is 10.1. The lowest BCUT2D eigenvalue weighted by Gasteiger charge is -2.30. The Hall–Kier alpha value is -1.62. The summed E-state index contributed by atoms with van der Waals surface area (Å²) in [7, 11) is 1.78. The van der Waals surface area contributed by atoms with Gasteiger partial charge in [0.2, 0.25) is 5.91 Å². The summed E-state index contributed by atoms with van der Waals surface area (Å²) in [5.41, 5.74) is 0.701. The van der Waals surface area contributed by atoms with Gasteiger partial charge in [-0.3, -0.25) is 4.79 Å². The highest BCUT2D eigenvalue weighted by Gasteiger charge is 2.22. The van der Waals surface area contributed by atoms with Gasteiger partial charge in [-0.1, -0.05) is 0 Å². The van der Waals surface area contributed by atoms with E-state index >= 15 is 0 Å².